The number of carbonyl (C=O) groups is 1. The Kier molecular flexibility index (Phi) is 5.45. The number of carboxylic acid groups (broad SMARTS) is 1. The van der Waals surface area contributed by atoms with E-state index in [0.717, 1.165) is 60.6 Å². The number of ether oxygens (including phenoxy) is 3. The minimum Gasteiger partial charge on any atom is -0.495 e. The SMILES string of the molecule is COc1cc2c(cc1N1CCC3(CC1)OCCO3)CC(C(C)C)n1cc(C(=O)O)c(=O)cc1-2. The standard InChI is InChI=1S/C25H30N2O6/c1-15(2)19-10-16-11-21(26-6-4-25(5-7-26)32-8-9-33-25)23(31-3)12-17(16)20-13-22(28)18(24(29)30)14-27(19)20/h11-15,19H,4-10H2,1-3H3,(H,29,30). The van der Waals surface area contributed by atoms with E-state index < -0.39 is 17.2 Å². The van der Waals surface area contributed by atoms with Crippen LogP contribution in [0.25, 0.3) is 11.3 Å². The molecule has 0 radical (unpaired) electrons. The van der Waals surface area contributed by atoms with Gasteiger partial charge in [0.25, 0.3) is 0 Å². The van der Waals surface area contributed by atoms with Crippen LogP contribution in [-0.4, -0.2) is 54.8 Å². The zero-order valence-electron chi connectivity index (χ0n) is 19.3. The predicted molar refractivity (Wildman–Crippen MR) is 123 cm³/mol. The molecule has 1 N–H and O–H groups in total. The molecule has 0 amide bonds. The van der Waals surface area contributed by atoms with Crippen molar-refractivity contribution in [3.8, 4) is 17.0 Å². The second-order valence-corrected chi connectivity index (χ2v) is 9.44. The minimum absolute atomic E-state index is 0.0531. The fourth-order valence-electron chi connectivity index (χ4n) is 5.38. The number of aromatic carboxylic acids is 1. The second-order valence-electron chi connectivity index (χ2n) is 9.44. The number of fused-ring (bicyclic) bond motifs is 3. The van der Waals surface area contributed by atoms with E-state index in [9.17, 15) is 14.7 Å². The van der Waals surface area contributed by atoms with E-state index in [4.69, 9.17) is 14.2 Å². The third kappa shape index (κ3) is 3.71. The molecule has 0 saturated carbocycles. The first-order valence-electron chi connectivity index (χ1n) is 11.6. The number of hydrogen-bond donors (Lipinski definition) is 1. The van der Waals surface area contributed by atoms with Gasteiger partial charge in [0.05, 0.1) is 31.7 Å². The number of pyridine rings is 1. The summed E-state index contributed by atoms with van der Waals surface area (Å²) in [5.41, 5.74) is 3.14. The Bertz CT molecular complexity index is 1140. The van der Waals surface area contributed by atoms with Gasteiger partial charge in [-0.1, -0.05) is 13.8 Å². The van der Waals surface area contributed by atoms with Crippen molar-refractivity contribution < 1.29 is 24.1 Å². The molecule has 1 aromatic carbocycles. The van der Waals surface area contributed by atoms with Crippen LogP contribution in [-0.2, 0) is 15.9 Å². The zero-order valence-corrected chi connectivity index (χ0v) is 19.3. The van der Waals surface area contributed by atoms with Crippen molar-refractivity contribution in [2.75, 3.05) is 38.3 Å². The summed E-state index contributed by atoms with van der Waals surface area (Å²) in [5, 5.41) is 9.47. The minimum atomic E-state index is -1.20. The van der Waals surface area contributed by atoms with E-state index in [2.05, 4.69) is 24.8 Å². The van der Waals surface area contributed by atoms with Crippen molar-refractivity contribution in [1.82, 2.24) is 4.57 Å². The van der Waals surface area contributed by atoms with Crippen molar-refractivity contribution in [2.24, 2.45) is 5.92 Å². The number of rotatable bonds is 4. The molecule has 0 bridgehead atoms. The maximum atomic E-state index is 12.6. The quantitative estimate of drug-likeness (QED) is 0.758. The van der Waals surface area contributed by atoms with Crippen LogP contribution in [0, 0.1) is 5.92 Å². The van der Waals surface area contributed by atoms with Gasteiger partial charge in [0.2, 0.25) is 0 Å². The lowest BCUT2D eigenvalue weighted by atomic mass is 9.86. The summed E-state index contributed by atoms with van der Waals surface area (Å²) in [5.74, 6) is -0.641. The summed E-state index contributed by atoms with van der Waals surface area (Å²) in [6.07, 6.45) is 3.86. The van der Waals surface area contributed by atoms with E-state index in [1.807, 2.05) is 10.6 Å². The molecule has 2 aromatic rings. The highest BCUT2D eigenvalue weighted by molar-refractivity contribution is 5.88. The Morgan fingerprint density at radius 1 is 1.18 bits per heavy atom. The molecule has 4 heterocycles. The molecule has 8 nitrogen and oxygen atoms in total. The maximum Gasteiger partial charge on any atom is 0.341 e. The number of anilines is 1. The smallest absolute Gasteiger partial charge is 0.341 e. The number of hydrogen-bond acceptors (Lipinski definition) is 6. The molecule has 33 heavy (non-hydrogen) atoms. The third-order valence-electron chi connectivity index (χ3n) is 7.23. The average molecular weight is 455 g/mol. The monoisotopic (exact) mass is 454 g/mol. The zero-order chi connectivity index (χ0) is 23.3. The van der Waals surface area contributed by atoms with E-state index >= 15 is 0 Å². The van der Waals surface area contributed by atoms with Crippen LogP contribution in [0.3, 0.4) is 0 Å². The summed E-state index contributed by atoms with van der Waals surface area (Å²) in [4.78, 5) is 26.5. The number of benzene rings is 1. The van der Waals surface area contributed by atoms with Gasteiger partial charge in [0.15, 0.2) is 11.2 Å². The fraction of sp³-hybridized carbons (Fsp3) is 0.520. The highest BCUT2D eigenvalue weighted by atomic mass is 16.7. The predicted octanol–water partition coefficient (Wildman–Crippen LogP) is 3.32. The molecular weight excluding hydrogens is 424 g/mol. The van der Waals surface area contributed by atoms with Crippen molar-refractivity contribution in [3.05, 3.63) is 45.7 Å². The molecule has 8 heteroatoms. The molecule has 1 aromatic heterocycles. The van der Waals surface area contributed by atoms with Crippen LogP contribution in [0.2, 0.25) is 0 Å². The largest absolute Gasteiger partial charge is 0.495 e. The molecule has 5 rings (SSSR count). The normalized spacial score (nSPS) is 21.2. The number of piperidine rings is 1. The van der Waals surface area contributed by atoms with Gasteiger partial charge < -0.3 is 28.8 Å². The number of aromatic nitrogens is 1. The number of methoxy groups -OCH3 is 1. The molecule has 0 aliphatic carbocycles. The third-order valence-corrected chi connectivity index (χ3v) is 7.23. The lowest BCUT2D eigenvalue weighted by Gasteiger charge is -2.40. The molecule has 1 atom stereocenters. The lowest BCUT2D eigenvalue weighted by Crippen LogP contribution is -2.45. The lowest BCUT2D eigenvalue weighted by molar-refractivity contribution is -0.169. The van der Waals surface area contributed by atoms with Crippen LogP contribution in [0.4, 0.5) is 5.69 Å². The van der Waals surface area contributed by atoms with Gasteiger partial charge in [-0.3, -0.25) is 4.79 Å². The Balaban J connectivity index is 1.56. The van der Waals surface area contributed by atoms with Gasteiger partial charge in [-0.2, -0.15) is 0 Å². The first kappa shape index (κ1) is 22.0. The molecule has 2 saturated heterocycles. The Labute approximate surface area is 192 Å². The fourth-order valence-corrected chi connectivity index (χ4v) is 5.38. The topological polar surface area (TPSA) is 90.2 Å². The van der Waals surface area contributed by atoms with Gasteiger partial charge in [-0.05, 0) is 30.0 Å². The van der Waals surface area contributed by atoms with Crippen molar-refractivity contribution in [3.63, 3.8) is 0 Å². The summed E-state index contributed by atoms with van der Waals surface area (Å²) in [6, 6.07) is 5.67. The van der Waals surface area contributed by atoms with Gasteiger partial charge in [-0.15, -0.1) is 0 Å². The van der Waals surface area contributed by atoms with Gasteiger partial charge in [-0.25, -0.2) is 4.79 Å². The Hall–Kier alpha value is -2.84. The average Bonchev–Trinajstić information content (AvgIpc) is 3.25. The molecule has 3 aliphatic rings. The molecule has 3 aliphatic heterocycles. The number of carboxylic acids is 1. The second kappa shape index (κ2) is 8.18. The van der Waals surface area contributed by atoms with E-state index in [1.165, 1.54) is 12.3 Å². The molecule has 176 valence electrons. The van der Waals surface area contributed by atoms with E-state index in [0.29, 0.717) is 13.2 Å². The Morgan fingerprint density at radius 2 is 1.88 bits per heavy atom. The van der Waals surface area contributed by atoms with Crippen LogP contribution in [0.15, 0.2) is 29.2 Å². The molecule has 2 fully saturated rings. The summed E-state index contributed by atoms with van der Waals surface area (Å²) in [6.45, 7) is 7.16. The van der Waals surface area contributed by atoms with Crippen molar-refractivity contribution >= 4 is 11.7 Å². The highest BCUT2D eigenvalue weighted by Crippen LogP contribution is 2.44. The van der Waals surface area contributed by atoms with Crippen LogP contribution in [0.1, 0.15) is 48.7 Å². The maximum absolute atomic E-state index is 12.6. The Morgan fingerprint density at radius 3 is 2.48 bits per heavy atom. The molecule has 1 unspecified atom stereocenters. The molecular formula is C25H30N2O6. The van der Waals surface area contributed by atoms with E-state index in [1.54, 1.807) is 7.11 Å². The van der Waals surface area contributed by atoms with Crippen molar-refractivity contribution in [1.29, 1.82) is 0 Å². The van der Waals surface area contributed by atoms with Gasteiger partial charge in [0.1, 0.15) is 11.3 Å². The number of nitrogens with zero attached hydrogens (tertiary/aromatic N) is 2. The van der Waals surface area contributed by atoms with Crippen molar-refractivity contribution in [2.45, 2.75) is 44.9 Å². The first-order valence-corrected chi connectivity index (χ1v) is 11.6. The highest BCUT2D eigenvalue weighted by Gasteiger charge is 2.40. The van der Waals surface area contributed by atoms with Crippen LogP contribution >= 0.6 is 0 Å². The summed E-state index contributed by atoms with van der Waals surface area (Å²) in [7, 11) is 1.65. The van der Waals surface area contributed by atoms with Gasteiger partial charge >= 0.3 is 5.97 Å². The van der Waals surface area contributed by atoms with E-state index in [-0.39, 0.29) is 17.5 Å². The summed E-state index contributed by atoms with van der Waals surface area (Å²) >= 11 is 0. The summed E-state index contributed by atoms with van der Waals surface area (Å²) < 4.78 is 19.5. The van der Waals surface area contributed by atoms with Gasteiger partial charge in [0, 0.05) is 49.8 Å². The first-order chi connectivity index (χ1) is 15.8. The van der Waals surface area contributed by atoms with Crippen LogP contribution < -0.4 is 15.1 Å². The molecule has 1 spiro atoms. The van der Waals surface area contributed by atoms with Crippen LogP contribution in [0.5, 0.6) is 5.75 Å².